The van der Waals surface area contributed by atoms with Crippen LogP contribution in [0.5, 0.6) is 0 Å². The number of benzene rings is 1. The summed E-state index contributed by atoms with van der Waals surface area (Å²) in [6.45, 7) is 2.15. The lowest BCUT2D eigenvalue weighted by Gasteiger charge is -1.99. The summed E-state index contributed by atoms with van der Waals surface area (Å²) in [4.78, 5) is 0. The molecular weight excluding hydrogens is 184 g/mol. The van der Waals surface area contributed by atoms with Crippen LogP contribution in [0.1, 0.15) is 18.9 Å². The van der Waals surface area contributed by atoms with Gasteiger partial charge in [0.1, 0.15) is 0 Å². The van der Waals surface area contributed by atoms with Crippen molar-refractivity contribution >= 4 is 17.7 Å². The second kappa shape index (κ2) is 5.05. The highest BCUT2D eigenvalue weighted by molar-refractivity contribution is 6.30. The molecule has 0 atom stereocenters. The fraction of sp³-hybridized carbons (Fsp3) is 0.273. The largest absolute Gasteiger partial charge is 0.392 e. The minimum atomic E-state index is 0.124. The Morgan fingerprint density at radius 2 is 2.00 bits per heavy atom. The van der Waals surface area contributed by atoms with E-state index < -0.39 is 0 Å². The van der Waals surface area contributed by atoms with Crippen LogP contribution in [0.4, 0.5) is 0 Å². The Morgan fingerprint density at radius 1 is 1.38 bits per heavy atom. The van der Waals surface area contributed by atoms with E-state index in [0.717, 1.165) is 22.6 Å². The van der Waals surface area contributed by atoms with Crippen molar-refractivity contribution in [1.82, 2.24) is 0 Å². The molecule has 0 heterocycles. The first-order valence-electron chi connectivity index (χ1n) is 4.32. The summed E-state index contributed by atoms with van der Waals surface area (Å²) in [5.41, 5.74) is 2.11. The van der Waals surface area contributed by atoms with Gasteiger partial charge in [0.05, 0.1) is 6.61 Å². The molecule has 0 saturated heterocycles. The molecule has 0 aliphatic rings. The molecule has 0 aromatic heterocycles. The van der Waals surface area contributed by atoms with Gasteiger partial charge in [-0.05, 0) is 29.7 Å². The molecule has 0 amide bonds. The summed E-state index contributed by atoms with van der Waals surface area (Å²) in [5, 5.41) is 9.68. The zero-order valence-electron chi connectivity index (χ0n) is 7.63. The van der Waals surface area contributed by atoms with Crippen LogP contribution in [0.15, 0.2) is 29.8 Å². The third kappa shape index (κ3) is 3.21. The lowest BCUT2D eigenvalue weighted by atomic mass is 10.1. The van der Waals surface area contributed by atoms with E-state index in [4.69, 9.17) is 16.7 Å². The molecule has 1 rings (SSSR count). The molecule has 0 aliphatic heterocycles. The minimum Gasteiger partial charge on any atom is -0.392 e. The normalized spacial score (nSPS) is 11.8. The molecule has 1 aromatic rings. The van der Waals surface area contributed by atoms with E-state index in [2.05, 4.69) is 0 Å². The van der Waals surface area contributed by atoms with Crippen molar-refractivity contribution in [2.75, 3.05) is 6.61 Å². The van der Waals surface area contributed by atoms with Crippen LogP contribution in [0, 0.1) is 0 Å². The molecule has 0 aliphatic carbocycles. The maximum atomic E-state index is 8.95. The van der Waals surface area contributed by atoms with Crippen LogP contribution in [-0.2, 0) is 0 Å². The van der Waals surface area contributed by atoms with Gasteiger partial charge in [0.2, 0.25) is 0 Å². The van der Waals surface area contributed by atoms with Crippen molar-refractivity contribution in [2.45, 2.75) is 13.3 Å². The standard InChI is InChI=1S/C11H13ClO/c1-2-9(8-13)7-10-3-5-11(12)6-4-10/h3-7,13H,2,8H2,1H3/b9-7-. The highest BCUT2D eigenvalue weighted by atomic mass is 35.5. The molecule has 0 bridgehead atoms. The topological polar surface area (TPSA) is 20.2 Å². The number of aliphatic hydroxyl groups is 1. The van der Waals surface area contributed by atoms with E-state index in [1.807, 2.05) is 37.3 Å². The van der Waals surface area contributed by atoms with Crippen LogP contribution in [0.3, 0.4) is 0 Å². The number of aliphatic hydroxyl groups excluding tert-OH is 1. The van der Waals surface area contributed by atoms with Gasteiger partial charge in [-0.25, -0.2) is 0 Å². The van der Waals surface area contributed by atoms with Gasteiger partial charge in [-0.15, -0.1) is 0 Å². The highest BCUT2D eigenvalue weighted by Gasteiger charge is 1.93. The number of hydrogen-bond donors (Lipinski definition) is 1. The highest BCUT2D eigenvalue weighted by Crippen LogP contribution is 2.13. The average Bonchev–Trinajstić information content (AvgIpc) is 2.17. The van der Waals surface area contributed by atoms with E-state index in [1.54, 1.807) is 0 Å². The molecule has 70 valence electrons. The van der Waals surface area contributed by atoms with Crippen molar-refractivity contribution in [3.63, 3.8) is 0 Å². The summed E-state index contributed by atoms with van der Waals surface area (Å²) in [7, 11) is 0. The van der Waals surface area contributed by atoms with Gasteiger partial charge < -0.3 is 5.11 Å². The monoisotopic (exact) mass is 196 g/mol. The van der Waals surface area contributed by atoms with E-state index >= 15 is 0 Å². The first-order chi connectivity index (χ1) is 6.26. The second-order valence-corrected chi connectivity index (χ2v) is 3.30. The Hall–Kier alpha value is -0.790. The first-order valence-corrected chi connectivity index (χ1v) is 4.70. The van der Waals surface area contributed by atoms with Crippen molar-refractivity contribution in [3.05, 3.63) is 40.4 Å². The number of hydrogen-bond acceptors (Lipinski definition) is 1. The van der Waals surface area contributed by atoms with Gasteiger partial charge in [-0.2, -0.15) is 0 Å². The predicted molar refractivity (Wildman–Crippen MR) is 56.8 cm³/mol. The second-order valence-electron chi connectivity index (χ2n) is 2.87. The molecule has 0 fully saturated rings. The number of rotatable bonds is 3. The lowest BCUT2D eigenvalue weighted by Crippen LogP contribution is -1.87. The van der Waals surface area contributed by atoms with Crippen molar-refractivity contribution in [1.29, 1.82) is 0 Å². The summed E-state index contributed by atoms with van der Waals surface area (Å²) in [6, 6.07) is 7.57. The van der Waals surface area contributed by atoms with Crippen molar-refractivity contribution in [3.8, 4) is 0 Å². The lowest BCUT2D eigenvalue weighted by molar-refractivity contribution is 0.329. The molecule has 0 radical (unpaired) electrons. The molecule has 1 N–H and O–H groups in total. The quantitative estimate of drug-likeness (QED) is 0.788. The molecule has 1 aromatic carbocycles. The van der Waals surface area contributed by atoms with Crippen molar-refractivity contribution < 1.29 is 5.11 Å². The zero-order valence-corrected chi connectivity index (χ0v) is 8.38. The van der Waals surface area contributed by atoms with Crippen LogP contribution < -0.4 is 0 Å². The van der Waals surface area contributed by atoms with E-state index in [9.17, 15) is 0 Å². The van der Waals surface area contributed by atoms with Crippen LogP contribution in [-0.4, -0.2) is 11.7 Å². The van der Waals surface area contributed by atoms with Crippen LogP contribution >= 0.6 is 11.6 Å². The molecule has 1 nitrogen and oxygen atoms in total. The third-order valence-corrected chi connectivity index (χ3v) is 2.15. The molecule has 2 heteroatoms. The fourth-order valence-electron chi connectivity index (χ4n) is 1.05. The SMILES string of the molecule is CC/C(=C/c1ccc(Cl)cc1)CO. The van der Waals surface area contributed by atoms with Gasteiger partial charge in [-0.3, -0.25) is 0 Å². The Bertz CT molecular complexity index is 281. The molecular formula is C11H13ClO. The van der Waals surface area contributed by atoms with Crippen molar-refractivity contribution in [2.24, 2.45) is 0 Å². The predicted octanol–water partition coefficient (Wildman–Crippen LogP) is 3.13. The summed E-state index contributed by atoms with van der Waals surface area (Å²) < 4.78 is 0. The van der Waals surface area contributed by atoms with Gasteiger partial charge in [0, 0.05) is 5.02 Å². The van der Waals surface area contributed by atoms with Crippen LogP contribution in [0.2, 0.25) is 5.02 Å². The average molecular weight is 197 g/mol. The molecule has 0 spiro atoms. The Morgan fingerprint density at radius 3 is 2.46 bits per heavy atom. The van der Waals surface area contributed by atoms with Crippen LogP contribution in [0.25, 0.3) is 6.08 Å². The number of halogens is 1. The van der Waals surface area contributed by atoms with Gasteiger partial charge in [0.15, 0.2) is 0 Å². The van der Waals surface area contributed by atoms with Gasteiger partial charge in [0.25, 0.3) is 0 Å². The Labute approximate surface area is 83.7 Å². The smallest absolute Gasteiger partial charge is 0.0644 e. The third-order valence-electron chi connectivity index (χ3n) is 1.90. The van der Waals surface area contributed by atoms with E-state index in [-0.39, 0.29) is 6.61 Å². The zero-order chi connectivity index (χ0) is 9.68. The van der Waals surface area contributed by atoms with Gasteiger partial charge in [-0.1, -0.05) is 36.7 Å². The molecule has 0 unspecified atom stereocenters. The maximum absolute atomic E-state index is 8.95. The molecule has 13 heavy (non-hydrogen) atoms. The van der Waals surface area contributed by atoms with Gasteiger partial charge >= 0.3 is 0 Å². The summed E-state index contributed by atoms with van der Waals surface area (Å²) in [5.74, 6) is 0. The Kier molecular flexibility index (Phi) is 4.00. The van der Waals surface area contributed by atoms with E-state index in [1.165, 1.54) is 0 Å². The first kappa shape index (κ1) is 10.3. The summed E-state index contributed by atoms with van der Waals surface area (Å²) >= 11 is 5.75. The maximum Gasteiger partial charge on any atom is 0.0644 e. The summed E-state index contributed by atoms with van der Waals surface area (Å²) in [6.07, 6.45) is 2.86. The minimum absolute atomic E-state index is 0.124. The van der Waals surface area contributed by atoms with E-state index in [0.29, 0.717) is 0 Å². The fourth-order valence-corrected chi connectivity index (χ4v) is 1.18. The Balaban J connectivity index is 2.84. The molecule has 0 saturated carbocycles.